The van der Waals surface area contributed by atoms with E-state index < -0.39 is 10.8 Å². The standard InChI is InChI=1S/C12H12N4O4/c1-15-6-5-13-12(15)14-11(17)8-3-4-9(16(18)19)10(7-8)20-2/h3-7H,1-2H3,(H,13,14,17). The van der Waals surface area contributed by atoms with Gasteiger partial charge in [0.2, 0.25) is 5.95 Å². The first-order chi connectivity index (χ1) is 9.52. The third kappa shape index (κ3) is 2.58. The molecule has 0 aliphatic carbocycles. The van der Waals surface area contributed by atoms with Crippen LogP contribution in [0.2, 0.25) is 0 Å². The van der Waals surface area contributed by atoms with Crippen LogP contribution in [0, 0.1) is 10.1 Å². The number of amides is 1. The molecule has 0 saturated heterocycles. The van der Waals surface area contributed by atoms with Gasteiger partial charge in [0.15, 0.2) is 5.75 Å². The lowest BCUT2D eigenvalue weighted by molar-refractivity contribution is -0.385. The van der Waals surface area contributed by atoms with Gasteiger partial charge in [-0.1, -0.05) is 0 Å². The zero-order chi connectivity index (χ0) is 14.7. The summed E-state index contributed by atoms with van der Waals surface area (Å²) >= 11 is 0. The highest BCUT2D eigenvalue weighted by Crippen LogP contribution is 2.27. The molecule has 0 saturated carbocycles. The zero-order valence-electron chi connectivity index (χ0n) is 10.9. The minimum Gasteiger partial charge on any atom is -0.490 e. The van der Waals surface area contributed by atoms with E-state index in [0.29, 0.717) is 5.95 Å². The van der Waals surface area contributed by atoms with Crippen LogP contribution >= 0.6 is 0 Å². The Balaban J connectivity index is 2.27. The van der Waals surface area contributed by atoms with Crippen molar-refractivity contribution in [2.45, 2.75) is 0 Å². The highest BCUT2D eigenvalue weighted by Gasteiger charge is 2.18. The molecule has 0 spiro atoms. The summed E-state index contributed by atoms with van der Waals surface area (Å²) in [5.74, 6) is -0.0118. The Labute approximate surface area is 114 Å². The number of methoxy groups -OCH3 is 1. The van der Waals surface area contributed by atoms with Gasteiger partial charge in [0.1, 0.15) is 0 Å². The van der Waals surface area contributed by atoms with Gasteiger partial charge < -0.3 is 9.30 Å². The summed E-state index contributed by atoms with van der Waals surface area (Å²) in [5, 5.41) is 13.4. The largest absolute Gasteiger partial charge is 0.490 e. The van der Waals surface area contributed by atoms with Crippen LogP contribution in [0.3, 0.4) is 0 Å². The Kier molecular flexibility index (Phi) is 3.65. The Morgan fingerprint density at radius 1 is 1.50 bits per heavy atom. The lowest BCUT2D eigenvalue weighted by atomic mass is 10.2. The molecule has 0 radical (unpaired) electrons. The third-order valence-electron chi connectivity index (χ3n) is 2.69. The summed E-state index contributed by atoms with van der Waals surface area (Å²) < 4.78 is 6.55. The van der Waals surface area contributed by atoms with Crippen molar-refractivity contribution < 1.29 is 14.5 Å². The van der Waals surface area contributed by atoms with Crippen LogP contribution in [-0.4, -0.2) is 27.5 Å². The van der Waals surface area contributed by atoms with E-state index in [1.54, 1.807) is 24.0 Å². The van der Waals surface area contributed by atoms with Crippen molar-refractivity contribution in [3.05, 3.63) is 46.3 Å². The molecule has 20 heavy (non-hydrogen) atoms. The summed E-state index contributed by atoms with van der Waals surface area (Å²) in [4.78, 5) is 26.2. The van der Waals surface area contributed by atoms with Crippen LogP contribution in [-0.2, 0) is 7.05 Å². The van der Waals surface area contributed by atoms with Gasteiger partial charge >= 0.3 is 5.69 Å². The Morgan fingerprint density at radius 3 is 2.80 bits per heavy atom. The smallest absolute Gasteiger partial charge is 0.310 e. The number of carbonyl (C=O) groups is 1. The van der Waals surface area contributed by atoms with E-state index in [1.807, 2.05) is 0 Å². The Hall–Kier alpha value is -2.90. The first-order valence-corrected chi connectivity index (χ1v) is 5.64. The maximum Gasteiger partial charge on any atom is 0.310 e. The van der Waals surface area contributed by atoms with Crippen LogP contribution in [0.25, 0.3) is 0 Å². The molecule has 1 N–H and O–H groups in total. The fourth-order valence-corrected chi connectivity index (χ4v) is 1.63. The van der Waals surface area contributed by atoms with Crippen LogP contribution in [0.1, 0.15) is 10.4 Å². The average Bonchev–Trinajstić information content (AvgIpc) is 2.83. The molecule has 104 valence electrons. The number of rotatable bonds is 4. The number of nitro benzene ring substituents is 1. The lowest BCUT2D eigenvalue weighted by Crippen LogP contribution is -2.15. The van der Waals surface area contributed by atoms with Gasteiger partial charge in [-0.05, 0) is 6.07 Å². The molecule has 1 heterocycles. The number of nitro groups is 1. The molecule has 1 aromatic carbocycles. The fourth-order valence-electron chi connectivity index (χ4n) is 1.63. The lowest BCUT2D eigenvalue weighted by Gasteiger charge is -2.06. The van der Waals surface area contributed by atoms with Crippen molar-refractivity contribution in [1.82, 2.24) is 9.55 Å². The van der Waals surface area contributed by atoms with Gasteiger partial charge in [0.05, 0.1) is 12.0 Å². The summed E-state index contributed by atoms with van der Waals surface area (Å²) in [5.41, 5.74) is 0.0523. The number of aryl methyl sites for hydroxylation is 1. The molecular formula is C12H12N4O4. The number of hydrogen-bond donors (Lipinski definition) is 1. The van der Waals surface area contributed by atoms with E-state index in [4.69, 9.17) is 4.74 Å². The molecule has 2 rings (SSSR count). The van der Waals surface area contributed by atoms with Gasteiger partial charge in [0, 0.05) is 37.1 Å². The van der Waals surface area contributed by atoms with E-state index in [9.17, 15) is 14.9 Å². The number of hydrogen-bond acceptors (Lipinski definition) is 5. The Morgan fingerprint density at radius 2 is 2.25 bits per heavy atom. The molecule has 2 aromatic rings. The molecule has 8 heteroatoms. The average molecular weight is 276 g/mol. The Bertz CT molecular complexity index is 665. The monoisotopic (exact) mass is 276 g/mol. The quantitative estimate of drug-likeness (QED) is 0.675. The molecule has 1 aromatic heterocycles. The second-order valence-electron chi connectivity index (χ2n) is 3.96. The summed E-state index contributed by atoms with van der Waals surface area (Å²) in [6.45, 7) is 0. The maximum atomic E-state index is 12.0. The van der Waals surface area contributed by atoms with Gasteiger partial charge in [0.25, 0.3) is 5.91 Å². The van der Waals surface area contributed by atoms with Crippen LogP contribution < -0.4 is 10.1 Å². The number of anilines is 1. The van der Waals surface area contributed by atoms with Gasteiger partial charge in [-0.2, -0.15) is 0 Å². The number of carbonyl (C=O) groups excluding carboxylic acids is 1. The van der Waals surface area contributed by atoms with Crippen molar-refractivity contribution in [2.75, 3.05) is 12.4 Å². The normalized spacial score (nSPS) is 10.1. The number of ether oxygens (including phenoxy) is 1. The molecule has 0 aliphatic rings. The maximum absolute atomic E-state index is 12.0. The fraction of sp³-hybridized carbons (Fsp3) is 0.167. The number of benzene rings is 1. The number of imidazole rings is 1. The van der Waals surface area contributed by atoms with E-state index >= 15 is 0 Å². The highest BCUT2D eigenvalue weighted by molar-refractivity contribution is 6.03. The number of nitrogens with zero attached hydrogens (tertiary/aromatic N) is 3. The first kappa shape index (κ1) is 13.5. The molecule has 0 fully saturated rings. The predicted octanol–water partition coefficient (Wildman–Crippen LogP) is 1.59. The molecule has 0 aliphatic heterocycles. The summed E-state index contributed by atoms with van der Waals surface area (Å²) in [7, 11) is 3.04. The van der Waals surface area contributed by atoms with E-state index in [1.165, 1.54) is 25.3 Å². The van der Waals surface area contributed by atoms with Gasteiger partial charge in [-0.15, -0.1) is 0 Å². The molecule has 0 unspecified atom stereocenters. The minimum atomic E-state index is -0.570. The predicted molar refractivity (Wildman–Crippen MR) is 70.8 cm³/mol. The van der Waals surface area contributed by atoms with Crippen molar-refractivity contribution >= 4 is 17.5 Å². The van der Waals surface area contributed by atoms with Gasteiger partial charge in [-0.3, -0.25) is 20.2 Å². The number of nitrogens with one attached hydrogen (secondary N) is 1. The summed E-state index contributed by atoms with van der Waals surface area (Å²) in [6, 6.07) is 3.90. The number of aromatic nitrogens is 2. The zero-order valence-corrected chi connectivity index (χ0v) is 10.9. The van der Waals surface area contributed by atoms with E-state index in [-0.39, 0.29) is 17.0 Å². The summed E-state index contributed by atoms with van der Waals surface area (Å²) in [6.07, 6.45) is 3.23. The molecule has 0 atom stereocenters. The van der Waals surface area contributed by atoms with Crippen molar-refractivity contribution in [3.63, 3.8) is 0 Å². The molecule has 0 bridgehead atoms. The van der Waals surface area contributed by atoms with Crippen molar-refractivity contribution in [1.29, 1.82) is 0 Å². The second kappa shape index (κ2) is 5.39. The van der Waals surface area contributed by atoms with E-state index in [2.05, 4.69) is 10.3 Å². The second-order valence-corrected chi connectivity index (χ2v) is 3.96. The highest BCUT2D eigenvalue weighted by atomic mass is 16.6. The molecule has 1 amide bonds. The molecular weight excluding hydrogens is 264 g/mol. The van der Waals surface area contributed by atoms with E-state index in [0.717, 1.165) is 0 Å². The minimum absolute atomic E-state index is 0.0301. The first-order valence-electron chi connectivity index (χ1n) is 5.64. The van der Waals surface area contributed by atoms with Gasteiger partial charge in [-0.25, -0.2) is 4.98 Å². The van der Waals surface area contributed by atoms with Crippen LogP contribution in [0.15, 0.2) is 30.6 Å². The van der Waals surface area contributed by atoms with Crippen molar-refractivity contribution in [2.24, 2.45) is 7.05 Å². The van der Waals surface area contributed by atoms with Crippen LogP contribution in [0.4, 0.5) is 11.6 Å². The van der Waals surface area contributed by atoms with Crippen LogP contribution in [0.5, 0.6) is 5.75 Å². The third-order valence-corrected chi connectivity index (χ3v) is 2.69. The SMILES string of the molecule is COc1cc(C(=O)Nc2nccn2C)ccc1[N+](=O)[O-]. The van der Waals surface area contributed by atoms with Crippen molar-refractivity contribution in [3.8, 4) is 5.75 Å². The molecule has 8 nitrogen and oxygen atoms in total. The topological polar surface area (TPSA) is 99.3 Å².